The van der Waals surface area contributed by atoms with Gasteiger partial charge in [-0.1, -0.05) is 49.5 Å². The second kappa shape index (κ2) is 7.85. The maximum Gasteiger partial charge on any atom is 0.228 e. The van der Waals surface area contributed by atoms with E-state index in [2.05, 4.69) is 19.1 Å². The Hall–Kier alpha value is -0.350. The van der Waals surface area contributed by atoms with E-state index in [-0.39, 0.29) is 5.91 Å². The molecule has 0 spiro atoms. The minimum absolute atomic E-state index is 0.193. The number of nitrogens with zero attached hydrogens (tertiary/aromatic N) is 1. The lowest BCUT2D eigenvalue weighted by Crippen LogP contribution is -2.30. The number of hydrogen-bond donors (Lipinski definition) is 0. The summed E-state index contributed by atoms with van der Waals surface area (Å²) in [5.74, 6) is 1.15. The first-order valence-electron chi connectivity index (χ1n) is 5.87. The number of thioether (sulfide) groups is 1. The number of rotatable bonds is 6. The van der Waals surface area contributed by atoms with Gasteiger partial charge in [-0.25, -0.2) is 0 Å². The fourth-order valence-electron chi connectivity index (χ4n) is 1.53. The monoisotopic (exact) mass is 257 g/mol. The van der Waals surface area contributed by atoms with Crippen molar-refractivity contribution in [3.05, 3.63) is 12.2 Å². The highest BCUT2D eigenvalue weighted by atomic mass is 32.2. The summed E-state index contributed by atoms with van der Waals surface area (Å²) in [5.41, 5.74) is 0. The lowest BCUT2D eigenvalue weighted by molar-refractivity contribution is -0.126. The molecule has 0 aromatic rings. The SMILES string of the molecule is CCCC=CCCCC(=O)N1CCSC1=S. The second-order valence-corrected chi connectivity index (χ2v) is 5.54. The molecule has 4 heteroatoms. The molecule has 1 amide bonds. The molecule has 0 aliphatic carbocycles. The van der Waals surface area contributed by atoms with Crippen LogP contribution in [-0.4, -0.2) is 27.4 Å². The Morgan fingerprint density at radius 3 is 2.88 bits per heavy atom. The number of amides is 1. The number of allylic oxidation sites excluding steroid dienone is 2. The van der Waals surface area contributed by atoms with Gasteiger partial charge in [-0.15, -0.1) is 0 Å². The van der Waals surface area contributed by atoms with Crippen LogP contribution >= 0.6 is 24.0 Å². The Morgan fingerprint density at radius 2 is 2.25 bits per heavy atom. The van der Waals surface area contributed by atoms with Crippen molar-refractivity contribution in [3.63, 3.8) is 0 Å². The Bertz CT molecular complexity index is 276. The second-order valence-electron chi connectivity index (χ2n) is 3.81. The Morgan fingerprint density at radius 1 is 1.50 bits per heavy atom. The normalized spacial score (nSPS) is 16.3. The van der Waals surface area contributed by atoms with Gasteiger partial charge in [-0.2, -0.15) is 0 Å². The van der Waals surface area contributed by atoms with Gasteiger partial charge in [-0.05, 0) is 19.3 Å². The van der Waals surface area contributed by atoms with E-state index >= 15 is 0 Å². The molecule has 0 unspecified atom stereocenters. The van der Waals surface area contributed by atoms with Crippen molar-refractivity contribution in [3.8, 4) is 0 Å². The van der Waals surface area contributed by atoms with E-state index in [4.69, 9.17) is 12.2 Å². The summed E-state index contributed by atoms with van der Waals surface area (Å²) in [7, 11) is 0. The van der Waals surface area contributed by atoms with Gasteiger partial charge >= 0.3 is 0 Å². The molecule has 0 aromatic carbocycles. The van der Waals surface area contributed by atoms with Crippen molar-refractivity contribution in [2.24, 2.45) is 0 Å². The minimum atomic E-state index is 0.193. The molecular formula is C12H19NOS2. The average Bonchev–Trinajstić information content (AvgIpc) is 2.69. The Balaban J connectivity index is 2.13. The van der Waals surface area contributed by atoms with E-state index in [1.807, 2.05) is 0 Å². The lowest BCUT2D eigenvalue weighted by Gasteiger charge is -2.13. The van der Waals surface area contributed by atoms with E-state index in [0.29, 0.717) is 6.42 Å². The summed E-state index contributed by atoms with van der Waals surface area (Å²) in [6, 6.07) is 0. The number of carbonyl (C=O) groups excluding carboxylic acids is 1. The van der Waals surface area contributed by atoms with Crippen LogP contribution in [0, 0.1) is 0 Å². The molecule has 1 aliphatic heterocycles. The van der Waals surface area contributed by atoms with E-state index in [9.17, 15) is 4.79 Å². The summed E-state index contributed by atoms with van der Waals surface area (Å²) in [6.45, 7) is 2.97. The molecule has 0 N–H and O–H groups in total. The van der Waals surface area contributed by atoms with Crippen LogP contribution in [0.2, 0.25) is 0 Å². The van der Waals surface area contributed by atoms with E-state index in [1.54, 1.807) is 16.7 Å². The van der Waals surface area contributed by atoms with Crippen molar-refractivity contribution < 1.29 is 4.79 Å². The first kappa shape index (κ1) is 13.7. The van der Waals surface area contributed by atoms with Crippen molar-refractivity contribution in [1.29, 1.82) is 0 Å². The zero-order valence-electron chi connectivity index (χ0n) is 9.78. The van der Waals surface area contributed by atoms with Crippen LogP contribution in [0.1, 0.15) is 39.0 Å². The molecule has 90 valence electrons. The number of hydrogen-bond acceptors (Lipinski definition) is 3. The van der Waals surface area contributed by atoms with E-state index < -0.39 is 0 Å². The smallest absolute Gasteiger partial charge is 0.228 e. The van der Waals surface area contributed by atoms with Crippen LogP contribution in [-0.2, 0) is 4.79 Å². The predicted octanol–water partition coefficient (Wildman–Crippen LogP) is 3.37. The first-order chi connectivity index (χ1) is 7.75. The van der Waals surface area contributed by atoms with Gasteiger partial charge in [0.05, 0.1) is 0 Å². The van der Waals surface area contributed by atoms with Crippen LogP contribution in [0.5, 0.6) is 0 Å². The highest BCUT2D eigenvalue weighted by Gasteiger charge is 2.22. The summed E-state index contributed by atoms with van der Waals surface area (Å²) < 4.78 is 0.756. The molecule has 1 rings (SSSR count). The average molecular weight is 257 g/mol. The van der Waals surface area contributed by atoms with Crippen molar-refractivity contribution in [2.45, 2.75) is 39.0 Å². The van der Waals surface area contributed by atoms with Gasteiger partial charge in [0.15, 0.2) is 0 Å². The van der Waals surface area contributed by atoms with Crippen LogP contribution in [0.25, 0.3) is 0 Å². The fraction of sp³-hybridized carbons (Fsp3) is 0.667. The molecule has 16 heavy (non-hydrogen) atoms. The van der Waals surface area contributed by atoms with Gasteiger partial charge in [0.25, 0.3) is 0 Å². The van der Waals surface area contributed by atoms with Crippen LogP contribution in [0.3, 0.4) is 0 Å². The third-order valence-electron chi connectivity index (χ3n) is 2.45. The molecule has 1 aliphatic rings. The van der Waals surface area contributed by atoms with Gasteiger partial charge < -0.3 is 0 Å². The summed E-state index contributed by atoms with van der Waals surface area (Å²) in [6.07, 6.45) is 9.25. The van der Waals surface area contributed by atoms with Crippen LogP contribution < -0.4 is 0 Å². The van der Waals surface area contributed by atoms with Crippen molar-refractivity contribution in [1.82, 2.24) is 4.90 Å². The minimum Gasteiger partial charge on any atom is -0.297 e. The highest BCUT2D eigenvalue weighted by molar-refractivity contribution is 8.23. The number of carbonyl (C=O) groups is 1. The highest BCUT2D eigenvalue weighted by Crippen LogP contribution is 2.19. The first-order valence-corrected chi connectivity index (χ1v) is 7.27. The predicted molar refractivity (Wildman–Crippen MR) is 74.7 cm³/mol. The quantitative estimate of drug-likeness (QED) is 0.413. The molecule has 0 atom stereocenters. The molecule has 1 heterocycles. The van der Waals surface area contributed by atoms with E-state index in [0.717, 1.165) is 35.9 Å². The standard InChI is InChI=1S/C12H19NOS2/c1-2-3-4-5-6-7-8-11(14)13-9-10-16-12(13)15/h4-5H,2-3,6-10H2,1H3. The third kappa shape index (κ3) is 4.66. The van der Waals surface area contributed by atoms with Crippen molar-refractivity contribution >= 4 is 34.2 Å². The molecular weight excluding hydrogens is 238 g/mol. The Kier molecular flexibility index (Phi) is 6.73. The molecule has 0 saturated carbocycles. The summed E-state index contributed by atoms with van der Waals surface area (Å²) in [4.78, 5) is 13.5. The largest absolute Gasteiger partial charge is 0.297 e. The fourth-order valence-corrected chi connectivity index (χ4v) is 2.77. The Labute approximate surface area is 107 Å². The topological polar surface area (TPSA) is 20.3 Å². The summed E-state index contributed by atoms with van der Waals surface area (Å²) >= 11 is 6.71. The third-order valence-corrected chi connectivity index (χ3v) is 3.87. The number of unbranched alkanes of at least 4 members (excludes halogenated alkanes) is 2. The molecule has 1 fully saturated rings. The van der Waals surface area contributed by atoms with Crippen LogP contribution in [0.4, 0.5) is 0 Å². The van der Waals surface area contributed by atoms with Crippen molar-refractivity contribution in [2.75, 3.05) is 12.3 Å². The van der Waals surface area contributed by atoms with Gasteiger partial charge in [-0.3, -0.25) is 9.69 Å². The summed E-state index contributed by atoms with van der Waals surface area (Å²) in [5, 5.41) is 0. The van der Waals surface area contributed by atoms with Gasteiger partial charge in [0, 0.05) is 18.7 Å². The molecule has 0 aromatic heterocycles. The molecule has 1 saturated heterocycles. The maximum absolute atomic E-state index is 11.7. The number of thiocarbonyl (C=S) groups is 1. The molecule has 2 nitrogen and oxygen atoms in total. The molecule has 0 bridgehead atoms. The maximum atomic E-state index is 11.7. The van der Waals surface area contributed by atoms with Crippen LogP contribution in [0.15, 0.2) is 12.2 Å². The molecule has 0 radical (unpaired) electrons. The van der Waals surface area contributed by atoms with Gasteiger partial charge in [0.1, 0.15) is 4.32 Å². The zero-order chi connectivity index (χ0) is 11.8. The van der Waals surface area contributed by atoms with Gasteiger partial charge in [0.2, 0.25) is 5.91 Å². The zero-order valence-corrected chi connectivity index (χ0v) is 11.4. The lowest BCUT2D eigenvalue weighted by atomic mass is 10.2. The van der Waals surface area contributed by atoms with E-state index in [1.165, 1.54) is 6.42 Å².